The Morgan fingerprint density at radius 3 is 2.47 bits per heavy atom. The first-order valence-corrected chi connectivity index (χ1v) is 14.0. The Balaban J connectivity index is 1.21. The predicted molar refractivity (Wildman–Crippen MR) is 134 cm³/mol. The number of rotatable bonds is 5. The molecular weight excluding hydrogens is 460 g/mol. The number of benzene rings is 2. The van der Waals surface area contributed by atoms with Gasteiger partial charge in [0.05, 0.1) is 20.2 Å². The highest BCUT2D eigenvalue weighted by atomic mass is 32.2. The van der Waals surface area contributed by atoms with Crippen LogP contribution in [0.2, 0.25) is 0 Å². The van der Waals surface area contributed by atoms with Crippen LogP contribution in [-0.4, -0.2) is 39.2 Å². The third-order valence-electron chi connectivity index (χ3n) is 6.04. The van der Waals surface area contributed by atoms with Crippen molar-refractivity contribution in [1.29, 1.82) is 0 Å². The van der Waals surface area contributed by atoms with Crippen molar-refractivity contribution in [2.75, 3.05) is 23.7 Å². The molecule has 0 unspecified atom stereocenters. The number of hydrogen-bond acceptors (Lipinski definition) is 6. The summed E-state index contributed by atoms with van der Waals surface area (Å²) in [6.45, 7) is 3.31. The number of anilines is 1. The van der Waals surface area contributed by atoms with Gasteiger partial charge in [-0.25, -0.2) is 8.42 Å². The fourth-order valence-electron chi connectivity index (χ4n) is 4.18. The van der Waals surface area contributed by atoms with Gasteiger partial charge in [0.25, 0.3) is 5.91 Å². The third-order valence-corrected chi connectivity index (χ3v) is 10.2. The van der Waals surface area contributed by atoms with E-state index < -0.39 is 9.84 Å². The van der Waals surface area contributed by atoms with E-state index >= 15 is 0 Å². The largest absolute Gasteiger partial charge is 0.371 e. The lowest BCUT2D eigenvalue weighted by atomic mass is 10.0. The molecule has 2 aromatic heterocycles. The second-order valence-corrected chi connectivity index (χ2v) is 12.4. The number of sulfone groups is 1. The van der Waals surface area contributed by atoms with Gasteiger partial charge in [0.2, 0.25) is 0 Å². The van der Waals surface area contributed by atoms with Crippen molar-refractivity contribution in [3.05, 3.63) is 59.5 Å². The number of piperidine rings is 1. The molecule has 1 aliphatic heterocycles. The van der Waals surface area contributed by atoms with Crippen LogP contribution in [0.15, 0.2) is 59.5 Å². The Morgan fingerprint density at radius 1 is 1.03 bits per heavy atom. The molecule has 1 fully saturated rings. The van der Waals surface area contributed by atoms with Gasteiger partial charge in [-0.2, -0.15) is 0 Å². The highest BCUT2D eigenvalue weighted by molar-refractivity contribution is 7.91. The lowest BCUT2D eigenvalue weighted by Gasteiger charge is -2.34. The van der Waals surface area contributed by atoms with E-state index in [1.807, 2.05) is 30.3 Å². The van der Waals surface area contributed by atoms with Crippen LogP contribution >= 0.6 is 22.7 Å². The summed E-state index contributed by atoms with van der Waals surface area (Å²) in [5.74, 6) is 0.116. The number of amides is 1. The van der Waals surface area contributed by atoms with Crippen LogP contribution in [0.4, 0.5) is 5.69 Å². The van der Waals surface area contributed by atoms with Crippen molar-refractivity contribution < 1.29 is 13.2 Å². The lowest BCUT2D eigenvalue weighted by Crippen LogP contribution is -2.44. The SMILES string of the molecule is CCS(=O)(=O)c1ccc(N2CCC(NC(=O)c3cc4sc5ccccc5c4s3)CC2)cc1. The van der Waals surface area contributed by atoms with Gasteiger partial charge >= 0.3 is 0 Å². The molecule has 0 spiro atoms. The summed E-state index contributed by atoms with van der Waals surface area (Å²) in [7, 11) is -3.18. The van der Waals surface area contributed by atoms with E-state index in [9.17, 15) is 13.2 Å². The normalized spacial score (nSPS) is 15.5. The maximum Gasteiger partial charge on any atom is 0.261 e. The molecule has 32 heavy (non-hydrogen) atoms. The van der Waals surface area contributed by atoms with Gasteiger partial charge in [0.15, 0.2) is 9.84 Å². The molecule has 0 radical (unpaired) electrons. The molecule has 0 saturated carbocycles. The Labute approximate surface area is 195 Å². The zero-order valence-corrected chi connectivity index (χ0v) is 20.2. The van der Waals surface area contributed by atoms with Crippen molar-refractivity contribution in [3.8, 4) is 0 Å². The monoisotopic (exact) mass is 484 g/mol. The number of fused-ring (bicyclic) bond motifs is 3. The molecule has 3 heterocycles. The van der Waals surface area contributed by atoms with Crippen molar-refractivity contribution in [2.24, 2.45) is 0 Å². The van der Waals surface area contributed by atoms with E-state index in [0.717, 1.165) is 36.5 Å². The fourth-order valence-corrected chi connectivity index (χ4v) is 7.49. The van der Waals surface area contributed by atoms with Crippen molar-refractivity contribution >= 4 is 63.6 Å². The van der Waals surface area contributed by atoms with Gasteiger partial charge in [0, 0.05) is 39.6 Å². The van der Waals surface area contributed by atoms with Crippen LogP contribution in [0.3, 0.4) is 0 Å². The van der Waals surface area contributed by atoms with Crippen molar-refractivity contribution in [3.63, 3.8) is 0 Å². The quantitative estimate of drug-likeness (QED) is 0.417. The van der Waals surface area contributed by atoms with Crippen molar-refractivity contribution in [1.82, 2.24) is 5.32 Å². The molecular formula is C24H24N2O3S3. The summed E-state index contributed by atoms with van der Waals surface area (Å²) in [6.07, 6.45) is 1.73. The smallest absolute Gasteiger partial charge is 0.261 e. The summed E-state index contributed by atoms with van der Waals surface area (Å²) in [6, 6.07) is 17.6. The Hall–Kier alpha value is -2.42. The molecule has 1 N–H and O–H groups in total. The summed E-state index contributed by atoms with van der Waals surface area (Å²) in [4.78, 5) is 16.3. The summed E-state index contributed by atoms with van der Waals surface area (Å²) in [5.41, 5.74) is 1.02. The highest BCUT2D eigenvalue weighted by Crippen LogP contribution is 2.39. The van der Waals surface area contributed by atoms with Crippen molar-refractivity contribution in [2.45, 2.75) is 30.7 Å². The minimum Gasteiger partial charge on any atom is -0.371 e. The molecule has 0 bridgehead atoms. The van der Waals surface area contributed by atoms with E-state index in [1.54, 1.807) is 41.7 Å². The minimum atomic E-state index is -3.18. The molecule has 0 atom stereocenters. The standard InChI is InChI=1S/C24H24N2O3S3/c1-2-32(28,29)18-9-7-17(8-10-18)26-13-11-16(12-14-26)25-24(27)22-15-21-23(31-22)19-5-3-4-6-20(19)30-21/h3-10,15-16H,2,11-14H2,1H3,(H,25,27). The topological polar surface area (TPSA) is 66.5 Å². The molecule has 166 valence electrons. The van der Waals surface area contributed by atoms with Gasteiger partial charge in [-0.1, -0.05) is 25.1 Å². The van der Waals surface area contributed by atoms with Crippen LogP contribution in [-0.2, 0) is 9.84 Å². The molecule has 0 aliphatic carbocycles. The maximum absolute atomic E-state index is 12.9. The number of nitrogens with zero attached hydrogens (tertiary/aromatic N) is 1. The summed E-state index contributed by atoms with van der Waals surface area (Å²) in [5, 5.41) is 4.44. The maximum atomic E-state index is 12.9. The molecule has 5 rings (SSSR count). The first kappa shape index (κ1) is 21.4. The Bertz CT molecular complexity index is 1380. The fraction of sp³-hybridized carbons (Fsp3) is 0.292. The summed E-state index contributed by atoms with van der Waals surface area (Å²) < 4.78 is 27.6. The molecule has 2 aromatic carbocycles. The van der Waals surface area contributed by atoms with Gasteiger partial charge in [-0.15, -0.1) is 22.7 Å². The molecule has 1 aliphatic rings. The lowest BCUT2D eigenvalue weighted by molar-refractivity contribution is 0.0935. The van der Waals surface area contributed by atoms with E-state index in [-0.39, 0.29) is 17.7 Å². The van der Waals surface area contributed by atoms with E-state index in [2.05, 4.69) is 22.3 Å². The molecule has 8 heteroatoms. The van der Waals surface area contributed by atoms with Crippen LogP contribution < -0.4 is 10.2 Å². The number of hydrogen-bond donors (Lipinski definition) is 1. The minimum absolute atomic E-state index is 0.00931. The summed E-state index contributed by atoms with van der Waals surface area (Å²) >= 11 is 3.31. The van der Waals surface area contributed by atoms with Crippen LogP contribution in [0.5, 0.6) is 0 Å². The van der Waals surface area contributed by atoms with Gasteiger partial charge in [0.1, 0.15) is 0 Å². The molecule has 5 nitrogen and oxygen atoms in total. The highest BCUT2D eigenvalue weighted by Gasteiger charge is 2.23. The first-order valence-electron chi connectivity index (χ1n) is 10.7. The number of nitrogens with one attached hydrogen (secondary N) is 1. The Morgan fingerprint density at radius 2 is 1.75 bits per heavy atom. The average Bonchev–Trinajstić information content (AvgIpc) is 3.38. The third kappa shape index (κ3) is 4.02. The molecule has 4 aromatic rings. The van der Waals surface area contributed by atoms with E-state index in [0.29, 0.717) is 4.90 Å². The zero-order valence-electron chi connectivity index (χ0n) is 17.7. The first-order chi connectivity index (χ1) is 15.4. The van der Waals surface area contributed by atoms with Crippen LogP contribution in [0.1, 0.15) is 29.4 Å². The number of carbonyl (C=O) groups excluding carboxylic acids is 1. The average molecular weight is 485 g/mol. The van der Waals surface area contributed by atoms with Gasteiger partial charge in [-0.05, 0) is 49.2 Å². The number of carbonyl (C=O) groups is 1. The second kappa shape index (κ2) is 8.50. The zero-order chi connectivity index (χ0) is 22.3. The predicted octanol–water partition coefficient (Wildman–Crippen LogP) is 5.31. The molecule has 1 saturated heterocycles. The van der Waals surface area contributed by atoms with Gasteiger partial charge in [-0.3, -0.25) is 4.79 Å². The van der Waals surface area contributed by atoms with E-state index in [1.165, 1.54) is 19.5 Å². The molecule has 1 amide bonds. The Kier molecular flexibility index (Phi) is 5.69. The van der Waals surface area contributed by atoms with Crippen LogP contribution in [0, 0.1) is 0 Å². The van der Waals surface area contributed by atoms with Gasteiger partial charge < -0.3 is 10.2 Å². The number of thiophene rings is 2. The second-order valence-electron chi connectivity index (χ2n) is 8.03. The van der Waals surface area contributed by atoms with Crippen LogP contribution in [0.25, 0.3) is 19.5 Å². The van der Waals surface area contributed by atoms with E-state index in [4.69, 9.17) is 0 Å².